The molecule has 0 radical (unpaired) electrons. The predicted octanol–water partition coefficient (Wildman–Crippen LogP) is 14.2. The van der Waals surface area contributed by atoms with Crippen LogP contribution in [0.4, 0.5) is 0 Å². The zero-order valence-electron chi connectivity index (χ0n) is 39.0. The Kier molecular flexibility index (Phi) is 10.7. The summed E-state index contributed by atoms with van der Waals surface area (Å²) < 4.78 is 0. The van der Waals surface area contributed by atoms with Crippen molar-refractivity contribution < 1.29 is 0 Å². The Balaban J connectivity index is 1.02. The van der Waals surface area contributed by atoms with Crippen LogP contribution in [-0.4, -0.2) is 34.9 Å². The topological polar surface area (TPSA) is 102 Å². The van der Waals surface area contributed by atoms with Crippen molar-refractivity contribution in [2.45, 2.75) is 0 Å². The third-order valence-electron chi connectivity index (χ3n) is 13.5. The maximum absolute atomic E-state index is 5.05. The summed E-state index contributed by atoms with van der Waals surface area (Å²) in [5.41, 5.74) is 19.7. The fourth-order valence-corrected chi connectivity index (χ4v) is 10.1. The quantitative estimate of drug-likeness (QED) is 0.114. The van der Waals surface area contributed by atoms with E-state index in [0.29, 0.717) is 0 Å². The number of hydrogen-bond donors (Lipinski definition) is 4. The summed E-state index contributed by atoms with van der Waals surface area (Å²) in [5, 5.41) is 0. The van der Waals surface area contributed by atoms with Crippen molar-refractivity contribution in [1.82, 2.24) is 34.9 Å². The van der Waals surface area contributed by atoms with Crippen molar-refractivity contribution in [3.8, 4) is 45.0 Å². The molecule has 5 aromatic carbocycles. The number of H-pyrrole nitrogens is 4. The van der Waals surface area contributed by atoms with Gasteiger partial charge in [0.15, 0.2) is 0 Å². The van der Waals surface area contributed by atoms with Crippen molar-refractivity contribution in [2.24, 2.45) is 0 Å². The average molecular weight is 924 g/mol. The third kappa shape index (κ3) is 7.91. The number of benzene rings is 5. The minimum atomic E-state index is 0.785. The SMILES string of the molecule is c1ccc([C+]2c3ccc([nH]3)[C+](c3ccccc3)c3ccc([nH]3)[C+](c3ccccc3)c3[nH]c(cc3-c3ccc(-c4cc(-c5ccccn5)nc(-c5ccccn5)c4)cc3)[C+](c3ccccc3)c3ccc2[nH]3)cc1. The summed E-state index contributed by atoms with van der Waals surface area (Å²) in [6, 6.07) is 83.2. The zero-order valence-corrected chi connectivity index (χ0v) is 39.0. The number of aromatic amines is 4. The fourth-order valence-electron chi connectivity index (χ4n) is 10.1. The van der Waals surface area contributed by atoms with Crippen molar-refractivity contribution >= 4 is 0 Å². The maximum atomic E-state index is 5.05. The van der Waals surface area contributed by atoms with Gasteiger partial charge in [0.1, 0.15) is 69.2 Å². The van der Waals surface area contributed by atoms with Crippen LogP contribution < -0.4 is 0 Å². The van der Waals surface area contributed by atoms with Crippen molar-refractivity contribution in [2.75, 3.05) is 0 Å². The van der Waals surface area contributed by atoms with Crippen LogP contribution in [0.3, 0.4) is 0 Å². The van der Waals surface area contributed by atoms with Crippen LogP contribution in [0.2, 0.25) is 0 Å². The first-order valence-corrected chi connectivity index (χ1v) is 24.2. The fraction of sp³-hybridized carbons (Fsp3) is 0. The highest BCUT2D eigenvalue weighted by atomic mass is 14.9. The van der Waals surface area contributed by atoms with Crippen molar-refractivity contribution in [3.63, 3.8) is 0 Å². The Morgan fingerprint density at radius 1 is 0.264 bits per heavy atom. The molecule has 1 aliphatic heterocycles. The summed E-state index contributed by atoms with van der Waals surface area (Å²) in [4.78, 5) is 30.3. The highest BCUT2D eigenvalue weighted by Crippen LogP contribution is 2.44. The minimum absolute atomic E-state index is 0.785. The van der Waals surface area contributed by atoms with Gasteiger partial charge in [-0.2, -0.15) is 0 Å². The first-order valence-electron chi connectivity index (χ1n) is 24.2. The molecular formula is C65H45N7+4. The molecule has 0 spiro atoms. The lowest BCUT2D eigenvalue weighted by Crippen LogP contribution is -2.12. The second kappa shape index (κ2) is 18.2. The Hall–Kier alpha value is -9.85. The number of nitrogens with zero attached hydrogens (tertiary/aromatic N) is 3. The van der Waals surface area contributed by atoms with Gasteiger partial charge in [-0.25, -0.2) is 4.98 Å². The lowest BCUT2D eigenvalue weighted by Gasteiger charge is -2.14. The van der Waals surface area contributed by atoms with E-state index in [-0.39, 0.29) is 0 Å². The monoisotopic (exact) mass is 923 g/mol. The molecule has 336 valence electrons. The van der Waals surface area contributed by atoms with Gasteiger partial charge in [0.2, 0.25) is 0 Å². The van der Waals surface area contributed by atoms with Crippen LogP contribution in [0.15, 0.2) is 249 Å². The highest BCUT2D eigenvalue weighted by molar-refractivity contribution is 5.80. The zero-order chi connectivity index (χ0) is 47.8. The molecular weight excluding hydrogens is 879 g/mol. The van der Waals surface area contributed by atoms with Gasteiger partial charge in [0, 0.05) is 66.5 Å². The smallest absolute Gasteiger partial charge is 0.134 e. The number of rotatable bonds is 8. The summed E-state index contributed by atoms with van der Waals surface area (Å²) >= 11 is 0. The summed E-state index contributed by atoms with van der Waals surface area (Å²) in [5.74, 6) is 4.25. The molecule has 0 aliphatic carbocycles. The molecule has 8 bridgehead atoms. The summed E-state index contributed by atoms with van der Waals surface area (Å²) in [6.45, 7) is 0. The van der Waals surface area contributed by atoms with Crippen LogP contribution in [0.25, 0.3) is 45.0 Å². The Morgan fingerprint density at radius 3 is 1.03 bits per heavy atom. The van der Waals surface area contributed by atoms with Gasteiger partial charge in [-0.3, -0.25) is 9.97 Å². The number of fused-ring (bicyclic) bond motifs is 8. The van der Waals surface area contributed by atoms with Gasteiger partial charge >= 0.3 is 0 Å². The van der Waals surface area contributed by atoms with E-state index >= 15 is 0 Å². The predicted molar refractivity (Wildman–Crippen MR) is 286 cm³/mol. The van der Waals surface area contributed by atoms with E-state index in [1.165, 1.54) is 0 Å². The number of pyridine rings is 3. The van der Waals surface area contributed by atoms with E-state index in [1.54, 1.807) is 12.4 Å². The Morgan fingerprint density at radius 2 is 0.625 bits per heavy atom. The Labute approximate surface area is 418 Å². The maximum Gasteiger partial charge on any atom is 0.134 e. The number of hydrogen-bond acceptors (Lipinski definition) is 3. The lowest BCUT2D eigenvalue weighted by atomic mass is 9.88. The van der Waals surface area contributed by atoms with Gasteiger partial charge in [-0.15, -0.1) is 0 Å². The molecule has 0 saturated heterocycles. The summed E-state index contributed by atoms with van der Waals surface area (Å²) in [6.07, 6.45) is 3.61. The molecule has 0 unspecified atom stereocenters. The van der Waals surface area contributed by atoms with Crippen LogP contribution in [0.1, 0.15) is 67.8 Å². The van der Waals surface area contributed by atoms with Gasteiger partial charge < -0.3 is 19.9 Å². The largest absolute Gasteiger partial charge is 0.327 e. The Bertz CT molecular complexity index is 3690. The lowest BCUT2D eigenvalue weighted by molar-refractivity contribution is 1.01. The van der Waals surface area contributed by atoms with E-state index in [9.17, 15) is 0 Å². The summed E-state index contributed by atoms with van der Waals surface area (Å²) in [7, 11) is 0. The molecule has 8 heterocycles. The van der Waals surface area contributed by atoms with Crippen molar-refractivity contribution in [3.05, 3.63) is 340 Å². The molecule has 12 aromatic rings. The highest BCUT2D eigenvalue weighted by Gasteiger charge is 2.39. The molecule has 7 nitrogen and oxygen atoms in total. The standard InChI is InChI=1S/C65H45N7/c1-5-17-44(18-6-1)61-52-31-32-53(68-52)62(45-19-7-2-8-20-45)55-35-36-57(70-55)64(47-23-11-4-12-24-47)65-49(41-60(72-65)63(46-21-9-3-10-22-46)56-34-33-54(61)69-56)43-29-27-42(28-30-43)48-39-58(50-25-13-15-37-66-50)71-59(40-48)51-26-14-16-38-67-51/h1-41,68-70,72H/q+4. The van der Waals surface area contributed by atoms with Crippen LogP contribution in [0, 0.1) is 23.7 Å². The van der Waals surface area contributed by atoms with E-state index in [1.807, 2.05) is 36.4 Å². The second-order valence-electron chi connectivity index (χ2n) is 17.9. The van der Waals surface area contributed by atoms with E-state index in [2.05, 4.69) is 230 Å². The number of nitrogens with one attached hydrogen (secondary N) is 4. The molecule has 72 heavy (non-hydrogen) atoms. The first-order chi connectivity index (χ1) is 35.7. The van der Waals surface area contributed by atoms with E-state index < -0.39 is 0 Å². The second-order valence-corrected chi connectivity index (χ2v) is 17.9. The molecule has 13 rings (SSSR count). The van der Waals surface area contributed by atoms with Crippen LogP contribution >= 0.6 is 0 Å². The molecule has 0 saturated carbocycles. The van der Waals surface area contributed by atoms with E-state index in [4.69, 9.17) is 4.98 Å². The van der Waals surface area contributed by atoms with Gasteiger partial charge in [-0.05, 0) is 132 Å². The molecule has 0 fully saturated rings. The van der Waals surface area contributed by atoms with E-state index in [0.717, 1.165) is 137 Å². The molecule has 0 atom stereocenters. The van der Waals surface area contributed by atoms with Crippen LogP contribution in [0.5, 0.6) is 0 Å². The van der Waals surface area contributed by atoms with Gasteiger partial charge in [-0.1, -0.05) is 24.3 Å². The minimum Gasteiger partial charge on any atom is -0.327 e. The normalized spacial score (nSPS) is 12.3. The number of aromatic nitrogens is 7. The molecule has 4 N–H and O–H groups in total. The average Bonchev–Trinajstić information content (AvgIpc) is 4.31. The third-order valence-corrected chi connectivity index (χ3v) is 13.5. The molecule has 0 amide bonds. The molecule has 7 aromatic heterocycles. The van der Waals surface area contributed by atoms with Crippen LogP contribution in [-0.2, 0) is 0 Å². The van der Waals surface area contributed by atoms with Crippen molar-refractivity contribution in [1.29, 1.82) is 0 Å². The van der Waals surface area contributed by atoms with Gasteiger partial charge in [0.25, 0.3) is 0 Å². The first kappa shape index (κ1) is 42.3. The molecule has 1 aliphatic rings. The molecule has 7 heteroatoms. The van der Waals surface area contributed by atoms with Gasteiger partial charge in [0.05, 0.1) is 93.1 Å².